The average molecular weight is 335 g/mol. The van der Waals surface area contributed by atoms with Crippen molar-refractivity contribution in [2.24, 2.45) is 5.92 Å². The lowest BCUT2D eigenvalue weighted by Gasteiger charge is -2.29. The van der Waals surface area contributed by atoms with Gasteiger partial charge >= 0.3 is 0 Å². The zero-order valence-electron chi connectivity index (χ0n) is 15.0. The molecule has 0 spiro atoms. The number of hydrogen-bond acceptors (Lipinski definition) is 3. The molecule has 3 atom stereocenters. The summed E-state index contributed by atoms with van der Waals surface area (Å²) in [6.45, 7) is 5.21. The topological polar surface area (TPSA) is 46.1 Å². The van der Waals surface area contributed by atoms with Crippen LogP contribution in [0.4, 0.5) is 0 Å². The quantitative estimate of drug-likeness (QED) is 0.846. The van der Waals surface area contributed by atoms with Crippen LogP contribution in [0, 0.1) is 12.8 Å². The van der Waals surface area contributed by atoms with Gasteiger partial charge in [-0.15, -0.1) is 0 Å². The molecule has 0 bridgehead atoms. The zero-order valence-corrected chi connectivity index (χ0v) is 15.0. The van der Waals surface area contributed by atoms with Gasteiger partial charge in [-0.05, 0) is 56.2 Å². The molecule has 1 aromatic carbocycles. The predicted octanol–water partition coefficient (Wildman–Crippen LogP) is 3.29. The van der Waals surface area contributed by atoms with Gasteiger partial charge in [0.05, 0.1) is 0 Å². The lowest BCUT2D eigenvalue weighted by atomic mass is 9.86. The highest BCUT2D eigenvalue weighted by Gasteiger charge is 2.37. The van der Waals surface area contributed by atoms with Gasteiger partial charge in [-0.1, -0.05) is 24.3 Å². The van der Waals surface area contributed by atoms with Crippen LogP contribution in [0.5, 0.6) is 0 Å². The Labute approximate surface area is 149 Å². The van der Waals surface area contributed by atoms with Crippen molar-refractivity contribution in [1.82, 2.24) is 14.9 Å². The maximum absolute atomic E-state index is 13.2. The van der Waals surface area contributed by atoms with Gasteiger partial charge < -0.3 is 4.90 Å². The Morgan fingerprint density at radius 2 is 2.12 bits per heavy atom. The standard InChI is InChI=1S/C21H25N3O/c1-14-5-3-4-6-19(14)18-9-15(2)24(12-18)21(25)16-7-8-20-17(10-16)11-22-13-23-20/h3-6,11,13,15-16,18H,7-10,12H2,1-2H3. The van der Waals surface area contributed by atoms with Crippen LogP contribution in [0.15, 0.2) is 36.8 Å². The highest BCUT2D eigenvalue weighted by atomic mass is 16.2. The molecule has 130 valence electrons. The van der Waals surface area contributed by atoms with Crippen LogP contribution in [-0.2, 0) is 17.6 Å². The Hall–Kier alpha value is -2.23. The number of likely N-dealkylation sites (tertiary alicyclic amines) is 1. The van der Waals surface area contributed by atoms with Crippen molar-refractivity contribution in [1.29, 1.82) is 0 Å². The number of carbonyl (C=O) groups is 1. The number of aromatic nitrogens is 2. The molecule has 3 unspecified atom stereocenters. The molecule has 4 heteroatoms. The van der Waals surface area contributed by atoms with E-state index in [9.17, 15) is 4.79 Å². The minimum Gasteiger partial charge on any atom is -0.339 e. The van der Waals surface area contributed by atoms with E-state index in [-0.39, 0.29) is 5.92 Å². The Balaban J connectivity index is 1.49. The first-order valence-corrected chi connectivity index (χ1v) is 9.27. The van der Waals surface area contributed by atoms with Gasteiger partial charge in [-0.2, -0.15) is 0 Å². The number of fused-ring (bicyclic) bond motifs is 1. The highest BCUT2D eigenvalue weighted by Crippen LogP contribution is 2.35. The number of benzene rings is 1. The number of hydrogen-bond donors (Lipinski definition) is 0. The Morgan fingerprint density at radius 3 is 2.96 bits per heavy atom. The monoisotopic (exact) mass is 335 g/mol. The minimum atomic E-state index is 0.0802. The molecule has 0 N–H and O–H groups in total. The van der Waals surface area contributed by atoms with Crippen molar-refractivity contribution in [3.63, 3.8) is 0 Å². The van der Waals surface area contributed by atoms with E-state index in [0.717, 1.165) is 43.5 Å². The van der Waals surface area contributed by atoms with Gasteiger partial charge in [0.25, 0.3) is 0 Å². The molecule has 1 amide bonds. The molecule has 1 saturated heterocycles. The average Bonchev–Trinajstić information content (AvgIpc) is 3.02. The van der Waals surface area contributed by atoms with Gasteiger partial charge in [0.2, 0.25) is 5.91 Å². The highest BCUT2D eigenvalue weighted by molar-refractivity contribution is 5.80. The van der Waals surface area contributed by atoms with Crippen molar-refractivity contribution in [3.05, 3.63) is 59.2 Å². The summed E-state index contributed by atoms with van der Waals surface area (Å²) in [5.41, 5.74) is 4.99. The summed E-state index contributed by atoms with van der Waals surface area (Å²) in [4.78, 5) is 23.8. The van der Waals surface area contributed by atoms with Crippen molar-refractivity contribution in [2.45, 2.75) is 51.5 Å². The van der Waals surface area contributed by atoms with Crippen molar-refractivity contribution in [2.75, 3.05) is 6.54 Å². The van der Waals surface area contributed by atoms with Gasteiger partial charge in [0, 0.05) is 36.3 Å². The van der Waals surface area contributed by atoms with Gasteiger partial charge in [0.1, 0.15) is 6.33 Å². The van der Waals surface area contributed by atoms with E-state index < -0.39 is 0 Å². The number of rotatable bonds is 2. The van der Waals surface area contributed by atoms with E-state index >= 15 is 0 Å². The van der Waals surface area contributed by atoms with Gasteiger partial charge in [-0.25, -0.2) is 9.97 Å². The van der Waals surface area contributed by atoms with E-state index in [1.54, 1.807) is 6.33 Å². The van der Waals surface area contributed by atoms with Gasteiger partial charge in [0.15, 0.2) is 0 Å². The minimum absolute atomic E-state index is 0.0802. The molecule has 1 aromatic heterocycles. The van der Waals surface area contributed by atoms with Crippen LogP contribution in [0.3, 0.4) is 0 Å². The number of nitrogens with zero attached hydrogens (tertiary/aromatic N) is 3. The molecule has 25 heavy (non-hydrogen) atoms. The van der Waals surface area contributed by atoms with Crippen LogP contribution in [0.25, 0.3) is 0 Å². The fourth-order valence-electron chi connectivity index (χ4n) is 4.51. The van der Waals surface area contributed by atoms with Crippen LogP contribution >= 0.6 is 0 Å². The molecule has 0 saturated carbocycles. The van der Waals surface area contributed by atoms with E-state index in [2.05, 4.69) is 53.0 Å². The van der Waals surface area contributed by atoms with Crippen molar-refractivity contribution >= 4 is 5.91 Å². The molecule has 1 aliphatic carbocycles. The Kier molecular flexibility index (Phi) is 4.28. The fraction of sp³-hybridized carbons (Fsp3) is 0.476. The van der Waals surface area contributed by atoms with E-state index in [1.807, 2.05) is 6.20 Å². The molecule has 4 rings (SSSR count). The number of carbonyl (C=O) groups excluding carboxylic acids is 1. The van der Waals surface area contributed by atoms with E-state index in [1.165, 1.54) is 11.1 Å². The summed E-state index contributed by atoms with van der Waals surface area (Å²) in [5.74, 6) is 0.856. The summed E-state index contributed by atoms with van der Waals surface area (Å²) >= 11 is 0. The zero-order chi connectivity index (χ0) is 17.4. The summed E-state index contributed by atoms with van der Waals surface area (Å²) in [6.07, 6.45) is 7.12. The van der Waals surface area contributed by atoms with E-state index in [4.69, 9.17) is 0 Å². The van der Waals surface area contributed by atoms with Crippen LogP contribution in [0.1, 0.15) is 48.1 Å². The lowest BCUT2D eigenvalue weighted by molar-refractivity contribution is -0.136. The molecule has 4 nitrogen and oxygen atoms in total. The maximum Gasteiger partial charge on any atom is 0.226 e. The molecular weight excluding hydrogens is 310 g/mol. The van der Waals surface area contributed by atoms with E-state index in [0.29, 0.717) is 17.9 Å². The summed E-state index contributed by atoms with van der Waals surface area (Å²) < 4.78 is 0. The SMILES string of the molecule is Cc1ccccc1C1CC(C)N(C(=O)C2CCc3ncncc3C2)C1. The number of amides is 1. The van der Waals surface area contributed by atoms with Crippen molar-refractivity contribution < 1.29 is 4.79 Å². The molecule has 1 fully saturated rings. The molecule has 2 aliphatic rings. The third-order valence-corrected chi connectivity index (χ3v) is 5.91. The lowest BCUT2D eigenvalue weighted by Crippen LogP contribution is -2.40. The van der Waals surface area contributed by atoms with Crippen LogP contribution < -0.4 is 0 Å². The first-order valence-electron chi connectivity index (χ1n) is 9.27. The summed E-state index contributed by atoms with van der Waals surface area (Å²) in [6, 6.07) is 8.89. The van der Waals surface area contributed by atoms with Crippen LogP contribution in [-0.4, -0.2) is 33.4 Å². The molecule has 2 aromatic rings. The van der Waals surface area contributed by atoms with Gasteiger partial charge in [-0.3, -0.25) is 4.79 Å². The first kappa shape index (κ1) is 16.2. The molecular formula is C21H25N3O. The summed E-state index contributed by atoms with van der Waals surface area (Å²) in [7, 11) is 0. The normalized spacial score (nSPS) is 25.7. The first-order chi connectivity index (χ1) is 12.1. The Morgan fingerprint density at radius 1 is 1.28 bits per heavy atom. The van der Waals surface area contributed by atoms with Crippen molar-refractivity contribution in [3.8, 4) is 0 Å². The van der Waals surface area contributed by atoms with Crippen LogP contribution in [0.2, 0.25) is 0 Å². The third-order valence-electron chi connectivity index (χ3n) is 5.91. The molecule has 2 heterocycles. The largest absolute Gasteiger partial charge is 0.339 e. The third kappa shape index (κ3) is 3.06. The second-order valence-corrected chi connectivity index (χ2v) is 7.56. The maximum atomic E-state index is 13.2. The predicted molar refractivity (Wildman–Crippen MR) is 97.3 cm³/mol. The number of aryl methyl sites for hydroxylation is 2. The Bertz CT molecular complexity index is 788. The molecule has 1 aliphatic heterocycles. The fourth-order valence-corrected chi connectivity index (χ4v) is 4.51. The summed E-state index contributed by atoms with van der Waals surface area (Å²) in [5, 5.41) is 0. The molecule has 0 radical (unpaired) electrons. The second-order valence-electron chi connectivity index (χ2n) is 7.56. The second kappa shape index (κ2) is 6.58. The smallest absolute Gasteiger partial charge is 0.226 e.